The lowest BCUT2D eigenvalue weighted by atomic mass is 10.1. The third kappa shape index (κ3) is 5.21. The molecule has 8 nitrogen and oxygen atoms in total. The summed E-state index contributed by atoms with van der Waals surface area (Å²) in [5.74, 6) is -0.652. The SMILES string of the molecule is COC(=O)c1cc(NC(C)=O)c(Oc2ccccc2)c(NS(C)(=O)=O)c1. The van der Waals surface area contributed by atoms with Crippen molar-refractivity contribution < 1.29 is 27.5 Å². The Balaban J connectivity index is 2.65. The van der Waals surface area contributed by atoms with Crippen molar-refractivity contribution in [2.45, 2.75) is 6.92 Å². The number of hydrogen-bond donors (Lipinski definition) is 2. The minimum Gasteiger partial charge on any atom is -0.465 e. The number of benzene rings is 2. The van der Waals surface area contributed by atoms with Crippen molar-refractivity contribution in [1.82, 2.24) is 0 Å². The van der Waals surface area contributed by atoms with Crippen molar-refractivity contribution in [3.8, 4) is 11.5 Å². The second-order valence-corrected chi connectivity index (χ2v) is 7.11. The van der Waals surface area contributed by atoms with Gasteiger partial charge in [0, 0.05) is 6.92 Å². The number of ether oxygens (including phenoxy) is 2. The van der Waals surface area contributed by atoms with E-state index >= 15 is 0 Å². The first kappa shape index (κ1) is 19.3. The van der Waals surface area contributed by atoms with Gasteiger partial charge in [0.05, 0.1) is 30.3 Å². The molecule has 138 valence electrons. The number of esters is 1. The number of methoxy groups -OCH3 is 1. The lowest BCUT2D eigenvalue weighted by Crippen LogP contribution is -2.14. The minimum atomic E-state index is -3.68. The summed E-state index contributed by atoms with van der Waals surface area (Å²) in [5, 5.41) is 2.53. The Morgan fingerprint density at radius 1 is 1.04 bits per heavy atom. The highest BCUT2D eigenvalue weighted by atomic mass is 32.2. The summed E-state index contributed by atoms with van der Waals surface area (Å²) >= 11 is 0. The molecule has 26 heavy (non-hydrogen) atoms. The summed E-state index contributed by atoms with van der Waals surface area (Å²) in [5.41, 5.74) is 0.154. The number of anilines is 2. The molecule has 0 heterocycles. The Labute approximate surface area is 151 Å². The van der Waals surface area contributed by atoms with E-state index in [1.807, 2.05) is 0 Å². The zero-order valence-corrected chi connectivity index (χ0v) is 15.2. The van der Waals surface area contributed by atoms with Crippen LogP contribution in [-0.2, 0) is 19.6 Å². The molecule has 0 aliphatic carbocycles. The molecule has 0 aliphatic rings. The van der Waals surface area contributed by atoms with Gasteiger partial charge in [-0.25, -0.2) is 13.2 Å². The van der Waals surface area contributed by atoms with E-state index in [1.54, 1.807) is 30.3 Å². The van der Waals surface area contributed by atoms with Gasteiger partial charge >= 0.3 is 5.97 Å². The standard InChI is InChI=1S/C17H18N2O6S/c1-11(20)18-14-9-12(17(21)24-2)10-15(19-26(3,22)23)16(14)25-13-7-5-4-6-8-13/h4-10,19H,1-3H3,(H,18,20). The molecule has 2 rings (SSSR count). The van der Waals surface area contributed by atoms with Crippen LogP contribution in [0.4, 0.5) is 11.4 Å². The van der Waals surface area contributed by atoms with E-state index in [0.717, 1.165) is 6.26 Å². The van der Waals surface area contributed by atoms with Crippen LogP contribution in [-0.4, -0.2) is 33.7 Å². The number of amides is 1. The number of hydrogen-bond acceptors (Lipinski definition) is 6. The van der Waals surface area contributed by atoms with Gasteiger partial charge < -0.3 is 14.8 Å². The number of nitrogens with one attached hydrogen (secondary N) is 2. The minimum absolute atomic E-state index is 0.0111. The van der Waals surface area contributed by atoms with Crippen molar-refractivity contribution in [2.75, 3.05) is 23.4 Å². The molecule has 0 aliphatic heterocycles. The first-order valence-electron chi connectivity index (χ1n) is 7.44. The van der Waals surface area contributed by atoms with Gasteiger partial charge in [0.15, 0.2) is 5.75 Å². The third-order valence-electron chi connectivity index (χ3n) is 3.08. The van der Waals surface area contributed by atoms with E-state index in [0.29, 0.717) is 5.75 Å². The molecule has 0 fully saturated rings. The van der Waals surface area contributed by atoms with Crippen molar-refractivity contribution in [2.24, 2.45) is 0 Å². The van der Waals surface area contributed by atoms with Gasteiger partial charge in [0.25, 0.3) is 0 Å². The van der Waals surface area contributed by atoms with Gasteiger partial charge in [0.2, 0.25) is 15.9 Å². The molecule has 9 heteroatoms. The van der Waals surface area contributed by atoms with Crippen LogP contribution in [0.5, 0.6) is 11.5 Å². The van der Waals surface area contributed by atoms with Gasteiger partial charge in [-0.05, 0) is 24.3 Å². The highest BCUT2D eigenvalue weighted by Gasteiger charge is 2.20. The molecule has 2 aromatic rings. The van der Waals surface area contributed by atoms with Crippen LogP contribution in [0.2, 0.25) is 0 Å². The van der Waals surface area contributed by atoms with E-state index in [-0.39, 0.29) is 22.7 Å². The second kappa shape index (κ2) is 7.87. The number of para-hydroxylation sites is 1. The van der Waals surface area contributed by atoms with Crippen molar-refractivity contribution in [3.05, 3.63) is 48.0 Å². The van der Waals surface area contributed by atoms with Gasteiger partial charge in [-0.15, -0.1) is 0 Å². The largest absolute Gasteiger partial charge is 0.465 e. The topological polar surface area (TPSA) is 111 Å². The predicted octanol–water partition coefficient (Wildman–Crippen LogP) is 2.60. The lowest BCUT2D eigenvalue weighted by Gasteiger charge is -2.18. The van der Waals surface area contributed by atoms with Crippen LogP contribution in [0.1, 0.15) is 17.3 Å². The van der Waals surface area contributed by atoms with Crippen LogP contribution in [0.15, 0.2) is 42.5 Å². The van der Waals surface area contributed by atoms with Crippen LogP contribution in [0.25, 0.3) is 0 Å². The maximum absolute atomic E-state index is 11.9. The van der Waals surface area contributed by atoms with E-state index in [2.05, 4.69) is 14.8 Å². The second-order valence-electron chi connectivity index (χ2n) is 5.36. The Kier molecular flexibility index (Phi) is 5.83. The normalized spacial score (nSPS) is 10.7. The highest BCUT2D eigenvalue weighted by molar-refractivity contribution is 7.92. The molecule has 0 saturated heterocycles. The molecule has 0 bridgehead atoms. The maximum atomic E-state index is 11.9. The fourth-order valence-electron chi connectivity index (χ4n) is 2.14. The van der Waals surface area contributed by atoms with Gasteiger partial charge in [-0.2, -0.15) is 0 Å². The smallest absolute Gasteiger partial charge is 0.338 e. The average molecular weight is 378 g/mol. The zero-order chi connectivity index (χ0) is 19.3. The monoisotopic (exact) mass is 378 g/mol. The number of sulfonamides is 1. The Morgan fingerprint density at radius 3 is 2.19 bits per heavy atom. The first-order valence-corrected chi connectivity index (χ1v) is 9.33. The van der Waals surface area contributed by atoms with E-state index in [9.17, 15) is 18.0 Å². The average Bonchev–Trinajstić information content (AvgIpc) is 2.55. The number of carbonyl (C=O) groups is 2. The first-order chi connectivity index (χ1) is 12.2. The molecule has 0 atom stereocenters. The lowest BCUT2D eigenvalue weighted by molar-refractivity contribution is -0.114. The Bertz CT molecular complexity index is 926. The van der Waals surface area contributed by atoms with Gasteiger partial charge in [0.1, 0.15) is 5.75 Å². The Morgan fingerprint density at radius 2 is 1.65 bits per heavy atom. The quantitative estimate of drug-likeness (QED) is 0.748. The fraction of sp³-hybridized carbons (Fsp3) is 0.176. The summed E-state index contributed by atoms with van der Waals surface area (Å²) < 4.78 is 36.2. The Hall–Kier alpha value is -3.07. The van der Waals surface area contributed by atoms with Crippen molar-refractivity contribution in [1.29, 1.82) is 0 Å². The highest BCUT2D eigenvalue weighted by Crippen LogP contribution is 2.39. The molecular weight excluding hydrogens is 360 g/mol. The maximum Gasteiger partial charge on any atom is 0.338 e. The molecule has 0 radical (unpaired) electrons. The van der Waals surface area contributed by atoms with Gasteiger partial charge in [-0.3, -0.25) is 9.52 Å². The van der Waals surface area contributed by atoms with Gasteiger partial charge in [-0.1, -0.05) is 18.2 Å². The predicted molar refractivity (Wildman–Crippen MR) is 97.1 cm³/mol. The van der Waals surface area contributed by atoms with Crippen LogP contribution in [0.3, 0.4) is 0 Å². The molecule has 0 spiro atoms. The molecule has 2 aromatic carbocycles. The van der Waals surface area contributed by atoms with Crippen LogP contribution >= 0.6 is 0 Å². The number of carbonyl (C=O) groups excluding carboxylic acids is 2. The third-order valence-corrected chi connectivity index (χ3v) is 3.67. The zero-order valence-electron chi connectivity index (χ0n) is 14.4. The van der Waals surface area contributed by atoms with Crippen molar-refractivity contribution in [3.63, 3.8) is 0 Å². The van der Waals surface area contributed by atoms with E-state index in [4.69, 9.17) is 4.74 Å². The fourth-order valence-corrected chi connectivity index (χ4v) is 2.69. The molecule has 0 saturated carbocycles. The molecule has 0 aromatic heterocycles. The summed E-state index contributed by atoms with van der Waals surface area (Å²) in [7, 11) is -2.49. The van der Waals surface area contributed by atoms with Crippen LogP contribution < -0.4 is 14.8 Å². The van der Waals surface area contributed by atoms with E-state index in [1.165, 1.54) is 26.2 Å². The van der Waals surface area contributed by atoms with Crippen molar-refractivity contribution >= 4 is 33.3 Å². The molecular formula is C17H18N2O6S. The summed E-state index contributed by atoms with van der Waals surface area (Å²) in [6, 6.07) is 11.2. The molecule has 2 N–H and O–H groups in total. The molecule has 0 unspecified atom stereocenters. The summed E-state index contributed by atoms with van der Waals surface area (Å²) in [6.45, 7) is 1.28. The summed E-state index contributed by atoms with van der Waals surface area (Å²) in [4.78, 5) is 23.4. The summed E-state index contributed by atoms with van der Waals surface area (Å²) in [6.07, 6.45) is 0.961. The van der Waals surface area contributed by atoms with Crippen LogP contribution in [0, 0.1) is 0 Å². The molecule has 1 amide bonds. The van der Waals surface area contributed by atoms with E-state index < -0.39 is 21.9 Å². The number of rotatable bonds is 6.